The van der Waals surface area contributed by atoms with Gasteiger partial charge in [-0.2, -0.15) is 0 Å². The summed E-state index contributed by atoms with van der Waals surface area (Å²) in [7, 11) is 0. The fraction of sp³-hybridized carbons (Fsp3) is 0.448. The van der Waals surface area contributed by atoms with Crippen LogP contribution >= 0.6 is 23.1 Å². The molecule has 3 aromatic rings. The predicted octanol–water partition coefficient (Wildman–Crippen LogP) is 5.31. The lowest BCUT2D eigenvalue weighted by atomic mass is 10.0. The second-order valence-corrected chi connectivity index (χ2v) is 12.2. The maximum atomic E-state index is 12.5. The summed E-state index contributed by atoms with van der Waals surface area (Å²) in [6.07, 6.45) is 2.67. The number of unbranched alkanes of at least 4 members (excludes halogenated alkanes) is 2. The van der Waals surface area contributed by atoms with E-state index in [-0.39, 0.29) is 30.6 Å². The van der Waals surface area contributed by atoms with Crippen molar-refractivity contribution in [3.63, 3.8) is 0 Å². The molecule has 2 amide bonds. The molecule has 0 bridgehead atoms. The number of ether oxygens (including phenoxy) is 2. The van der Waals surface area contributed by atoms with Crippen molar-refractivity contribution in [2.45, 2.75) is 75.4 Å². The van der Waals surface area contributed by atoms with Crippen LogP contribution in [0.15, 0.2) is 52.9 Å². The Morgan fingerprint density at radius 3 is 2.62 bits per heavy atom. The maximum Gasteiger partial charge on any atom is 0.224 e. The number of anilines is 1. The van der Waals surface area contributed by atoms with E-state index in [9.17, 15) is 14.7 Å². The Labute approximate surface area is 243 Å². The van der Waals surface area contributed by atoms with E-state index in [2.05, 4.69) is 20.8 Å². The van der Waals surface area contributed by atoms with Crippen molar-refractivity contribution in [3.8, 4) is 0 Å². The summed E-state index contributed by atoms with van der Waals surface area (Å²) >= 11 is 3.19. The van der Waals surface area contributed by atoms with Gasteiger partial charge in [0.25, 0.3) is 0 Å². The molecular formula is C29H36N4O5S2. The number of benzene rings is 2. The number of amides is 2. The van der Waals surface area contributed by atoms with E-state index in [0.717, 1.165) is 45.3 Å². The molecule has 40 heavy (non-hydrogen) atoms. The first-order valence-corrected chi connectivity index (χ1v) is 15.3. The van der Waals surface area contributed by atoms with Gasteiger partial charge in [-0.15, -0.1) is 10.2 Å². The van der Waals surface area contributed by atoms with Crippen molar-refractivity contribution < 1.29 is 24.2 Å². The van der Waals surface area contributed by atoms with Crippen molar-refractivity contribution in [2.75, 3.05) is 17.6 Å². The number of aliphatic hydroxyl groups is 1. The van der Waals surface area contributed by atoms with Crippen molar-refractivity contribution in [2.24, 2.45) is 0 Å². The van der Waals surface area contributed by atoms with Crippen LogP contribution in [0.4, 0.5) is 5.69 Å². The van der Waals surface area contributed by atoms with Crippen LogP contribution in [0.5, 0.6) is 0 Å². The third-order valence-corrected chi connectivity index (χ3v) is 8.52. The van der Waals surface area contributed by atoms with Gasteiger partial charge < -0.3 is 25.2 Å². The Hall–Kier alpha value is -2.83. The van der Waals surface area contributed by atoms with E-state index >= 15 is 0 Å². The van der Waals surface area contributed by atoms with Crippen LogP contribution in [0, 0.1) is 6.92 Å². The van der Waals surface area contributed by atoms with E-state index in [0.29, 0.717) is 30.8 Å². The van der Waals surface area contributed by atoms with E-state index in [1.54, 1.807) is 23.1 Å². The molecule has 1 aromatic heterocycles. The molecule has 9 nitrogen and oxygen atoms in total. The lowest BCUT2D eigenvalue weighted by Gasteiger charge is -2.36. The first-order chi connectivity index (χ1) is 19.4. The molecule has 0 saturated carbocycles. The number of carbonyl (C=O) groups is 2. The molecule has 1 fully saturated rings. The first kappa shape index (κ1) is 30.1. The van der Waals surface area contributed by atoms with Crippen molar-refractivity contribution in [3.05, 3.63) is 70.2 Å². The van der Waals surface area contributed by atoms with E-state index in [1.807, 2.05) is 55.5 Å². The monoisotopic (exact) mass is 584 g/mol. The molecule has 3 atom stereocenters. The van der Waals surface area contributed by atoms with Crippen molar-refractivity contribution >= 4 is 40.6 Å². The number of aliphatic hydroxyl groups excluding tert-OH is 1. The van der Waals surface area contributed by atoms with Gasteiger partial charge in [-0.05, 0) is 43.0 Å². The zero-order valence-electron chi connectivity index (χ0n) is 22.8. The second-order valence-electron chi connectivity index (χ2n) is 9.72. The third kappa shape index (κ3) is 9.38. The summed E-state index contributed by atoms with van der Waals surface area (Å²) in [4.78, 5) is 23.5. The number of nitrogens with one attached hydrogen (secondary N) is 2. The number of thioether (sulfide) groups is 1. The molecule has 1 aliphatic rings. The summed E-state index contributed by atoms with van der Waals surface area (Å²) in [5.41, 5.74) is 3.39. The Morgan fingerprint density at radius 1 is 1.07 bits per heavy atom. The fourth-order valence-electron chi connectivity index (χ4n) is 4.36. The number of aromatic nitrogens is 2. The summed E-state index contributed by atoms with van der Waals surface area (Å²) < 4.78 is 13.8. The standard InChI is InChI=1S/C29H36N4O5S2/c1-19(35)30-14-5-3-4-9-27(36)31-24-8-6-7-23(15-24)28-37-25(18-39-29-33-32-20(2)40-29)16-26(38-28)22-12-10-21(17-34)11-13-22/h6-8,10-13,15,25-26,28,34H,3-5,9,14,16-18H2,1-2H3,(H,30,35)(H,31,36). The van der Waals surface area contributed by atoms with Gasteiger partial charge in [-0.25, -0.2) is 0 Å². The first-order valence-electron chi connectivity index (χ1n) is 13.5. The number of hydrogen-bond donors (Lipinski definition) is 3. The average Bonchev–Trinajstić information content (AvgIpc) is 3.38. The summed E-state index contributed by atoms with van der Waals surface area (Å²) in [5.74, 6) is 0.620. The minimum Gasteiger partial charge on any atom is -0.392 e. The highest BCUT2D eigenvalue weighted by molar-refractivity contribution is 8.01. The van der Waals surface area contributed by atoms with Gasteiger partial charge in [0.1, 0.15) is 5.01 Å². The minimum absolute atomic E-state index is 0.00629. The van der Waals surface area contributed by atoms with Crippen LogP contribution < -0.4 is 10.6 Å². The molecule has 4 rings (SSSR count). The van der Waals surface area contributed by atoms with E-state index in [1.165, 1.54) is 6.92 Å². The van der Waals surface area contributed by atoms with Crippen molar-refractivity contribution in [1.29, 1.82) is 0 Å². The van der Waals surface area contributed by atoms with Gasteiger partial charge in [0.2, 0.25) is 11.8 Å². The molecule has 11 heteroatoms. The molecule has 2 heterocycles. The third-order valence-electron chi connectivity index (χ3n) is 6.41. The second kappa shape index (κ2) is 15.2. The lowest BCUT2D eigenvalue weighted by Crippen LogP contribution is -2.31. The summed E-state index contributed by atoms with van der Waals surface area (Å²) in [5, 5.41) is 24.4. The highest BCUT2D eigenvalue weighted by Crippen LogP contribution is 2.40. The van der Waals surface area contributed by atoms with Crippen LogP contribution in [0.25, 0.3) is 0 Å². The highest BCUT2D eigenvalue weighted by Gasteiger charge is 2.32. The molecule has 1 aliphatic heterocycles. The molecule has 214 valence electrons. The summed E-state index contributed by atoms with van der Waals surface area (Å²) in [6, 6.07) is 15.4. The number of nitrogens with zero attached hydrogens (tertiary/aromatic N) is 2. The van der Waals surface area contributed by atoms with E-state index in [4.69, 9.17) is 9.47 Å². The zero-order chi connectivity index (χ0) is 28.3. The van der Waals surface area contributed by atoms with Crippen LogP contribution in [0.1, 0.15) is 73.1 Å². The zero-order valence-corrected chi connectivity index (χ0v) is 24.4. The topological polar surface area (TPSA) is 123 Å². The lowest BCUT2D eigenvalue weighted by molar-refractivity contribution is -0.245. The Morgan fingerprint density at radius 2 is 1.90 bits per heavy atom. The van der Waals surface area contributed by atoms with Gasteiger partial charge in [-0.3, -0.25) is 9.59 Å². The predicted molar refractivity (Wildman–Crippen MR) is 156 cm³/mol. The Bertz CT molecular complexity index is 1250. The quantitative estimate of drug-likeness (QED) is 0.182. The van der Waals surface area contributed by atoms with Crippen molar-refractivity contribution in [1.82, 2.24) is 15.5 Å². The highest BCUT2D eigenvalue weighted by atomic mass is 32.2. The Balaban J connectivity index is 1.39. The fourth-order valence-corrected chi connectivity index (χ4v) is 6.22. The van der Waals surface area contributed by atoms with Crippen LogP contribution in [-0.4, -0.2) is 45.5 Å². The van der Waals surface area contributed by atoms with Gasteiger partial charge >= 0.3 is 0 Å². The van der Waals surface area contributed by atoms with Gasteiger partial charge in [0, 0.05) is 43.3 Å². The minimum atomic E-state index is -0.608. The molecule has 0 spiro atoms. The molecule has 0 radical (unpaired) electrons. The average molecular weight is 585 g/mol. The largest absolute Gasteiger partial charge is 0.392 e. The smallest absolute Gasteiger partial charge is 0.224 e. The molecule has 2 aromatic carbocycles. The molecule has 1 saturated heterocycles. The van der Waals surface area contributed by atoms with Gasteiger partial charge in [-0.1, -0.05) is 65.9 Å². The molecule has 0 aliphatic carbocycles. The number of aryl methyl sites for hydroxylation is 1. The van der Waals surface area contributed by atoms with Crippen LogP contribution in [0.2, 0.25) is 0 Å². The normalized spacial score (nSPS) is 18.8. The van der Waals surface area contributed by atoms with Crippen LogP contribution in [-0.2, 0) is 25.7 Å². The Kier molecular flexibility index (Phi) is 11.5. The number of rotatable bonds is 13. The maximum absolute atomic E-state index is 12.5. The number of hydrogen-bond acceptors (Lipinski definition) is 9. The van der Waals surface area contributed by atoms with E-state index < -0.39 is 6.29 Å². The van der Waals surface area contributed by atoms with Gasteiger partial charge in [0.15, 0.2) is 10.6 Å². The SMILES string of the molecule is CC(=O)NCCCCCC(=O)Nc1cccc(C2OC(CSc3nnc(C)s3)CC(c3ccc(CO)cc3)O2)c1. The van der Waals surface area contributed by atoms with Crippen LogP contribution in [0.3, 0.4) is 0 Å². The molecular weight excluding hydrogens is 548 g/mol. The molecule has 3 N–H and O–H groups in total. The summed E-state index contributed by atoms with van der Waals surface area (Å²) in [6.45, 7) is 4.07. The van der Waals surface area contributed by atoms with Gasteiger partial charge in [0.05, 0.1) is 18.8 Å². The molecule has 3 unspecified atom stereocenters. The number of carbonyl (C=O) groups excluding carboxylic acids is 2.